The number of piperazine rings is 1. The van der Waals surface area contributed by atoms with Crippen molar-refractivity contribution in [2.45, 2.75) is 51.5 Å². The summed E-state index contributed by atoms with van der Waals surface area (Å²) in [6.07, 6.45) is 0.171. The number of carboxylic acid groups (broad SMARTS) is 1. The molecule has 0 unspecified atom stereocenters. The van der Waals surface area contributed by atoms with Gasteiger partial charge >= 0.3 is 12.3 Å². The van der Waals surface area contributed by atoms with E-state index >= 15 is 0 Å². The van der Waals surface area contributed by atoms with E-state index in [1.165, 1.54) is 12.1 Å². The molecule has 2 aromatic carbocycles. The Balaban J connectivity index is 0.00000270. The number of nitrogens with zero attached hydrogens (tertiary/aromatic N) is 4. The lowest BCUT2D eigenvalue weighted by atomic mass is 9.82. The fourth-order valence-corrected chi connectivity index (χ4v) is 6.72. The quantitative estimate of drug-likeness (QED) is 0.222. The first-order valence-corrected chi connectivity index (χ1v) is 16.2. The number of hydrogen-bond acceptors (Lipinski definition) is 9. The van der Waals surface area contributed by atoms with Crippen molar-refractivity contribution in [2.75, 3.05) is 56.6 Å². The van der Waals surface area contributed by atoms with Crippen LogP contribution < -0.4 is 20.1 Å². The smallest absolute Gasteiger partial charge is 0.489 e. The average Bonchev–Trinajstić information content (AvgIpc) is 3.05. The lowest BCUT2D eigenvalue weighted by Gasteiger charge is -2.37. The van der Waals surface area contributed by atoms with Crippen molar-refractivity contribution in [1.29, 1.82) is 0 Å². The largest absolute Gasteiger partial charge is 0.573 e. The number of aryl methyl sites for hydroxylation is 1. The highest BCUT2D eigenvalue weighted by molar-refractivity contribution is 5.85. The summed E-state index contributed by atoms with van der Waals surface area (Å²) in [4.78, 5) is 25.2. The molecule has 3 N–H and O–H groups in total. The summed E-state index contributed by atoms with van der Waals surface area (Å²) >= 11 is 0. The average molecular weight is 729 g/mol. The Kier molecular flexibility index (Phi) is 13.2. The number of nitrogen functional groups attached to an aromatic ring is 1. The molecule has 0 atom stereocenters. The highest BCUT2D eigenvalue weighted by atomic mass is 35.5. The van der Waals surface area contributed by atoms with Crippen molar-refractivity contribution in [2.24, 2.45) is 11.8 Å². The Labute approximate surface area is 295 Å². The third-order valence-electron chi connectivity index (χ3n) is 9.31. The Morgan fingerprint density at radius 1 is 0.939 bits per heavy atom. The monoisotopic (exact) mass is 727 g/mol. The summed E-state index contributed by atoms with van der Waals surface area (Å²) in [5.74, 6) is 1.11. The standard InChI is InChI=1S/C34H40F3N5O5.2ClH/c35-34(36,37)47-26-8-3-23(4-9-26)21-46-27-10-12-28-25(19-27)7-11-29-30(28)39-33(38)40-31(29)42-15-13-41(14-16-42)17-18-45-20-22-1-5-24(6-2-22)32(43)44;;/h3-4,8-10,12,19,22,24H,1-2,5-7,11,13-18,20-21H2,(H,43,44)(H2,38,39,40);2*1H. The third kappa shape index (κ3) is 10.0. The first kappa shape index (κ1) is 38.3. The normalized spacial score (nSPS) is 19.1. The predicted molar refractivity (Wildman–Crippen MR) is 184 cm³/mol. The Morgan fingerprint density at radius 3 is 2.31 bits per heavy atom. The maximum Gasteiger partial charge on any atom is 0.573 e. The molecule has 1 saturated carbocycles. The molecule has 0 amide bonds. The van der Waals surface area contributed by atoms with Crippen LogP contribution in [-0.2, 0) is 29.0 Å². The number of benzene rings is 2. The van der Waals surface area contributed by atoms with Gasteiger partial charge in [-0.2, -0.15) is 4.98 Å². The molecule has 49 heavy (non-hydrogen) atoms. The second-order valence-electron chi connectivity index (χ2n) is 12.5. The fraction of sp³-hybridized carbons (Fsp3) is 0.500. The van der Waals surface area contributed by atoms with Gasteiger partial charge in [0.25, 0.3) is 0 Å². The van der Waals surface area contributed by atoms with Crippen molar-refractivity contribution in [3.8, 4) is 22.8 Å². The summed E-state index contributed by atoms with van der Waals surface area (Å²) in [6, 6.07) is 11.5. The Hall–Kier alpha value is -3.52. The van der Waals surface area contributed by atoms with Crippen LogP contribution >= 0.6 is 24.8 Å². The van der Waals surface area contributed by atoms with E-state index < -0.39 is 12.3 Å². The number of rotatable bonds is 11. The number of aromatic nitrogens is 2. The molecule has 1 saturated heterocycles. The van der Waals surface area contributed by atoms with E-state index in [1.54, 1.807) is 12.1 Å². The molecule has 0 bridgehead atoms. The molecular formula is C34H42Cl2F3N5O5. The molecule has 0 radical (unpaired) electrons. The number of carboxylic acids is 1. The van der Waals surface area contributed by atoms with E-state index in [-0.39, 0.29) is 49.0 Å². The van der Waals surface area contributed by atoms with Crippen molar-refractivity contribution in [1.82, 2.24) is 14.9 Å². The number of carbonyl (C=O) groups is 1. The van der Waals surface area contributed by atoms with Gasteiger partial charge in [-0.25, -0.2) is 4.98 Å². The van der Waals surface area contributed by atoms with E-state index in [0.717, 1.165) is 105 Å². The summed E-state index contributed by atoms with van der Waals surface area (Å²) in [7, 11) is 0. The maximum absolute atomic E-state index is 12.4. The van der Waals surface area contributed by atoms with Gasteiger partial charge in [-0.3, -0.25) is 9.69 Å². The highest BCUT2D eigenvalue weighted by Crippen LogP contribution is 2.39. The minimum absolute atomic E-state index is 0. The second-order valence-corrected chi connectivity index (χ2v) is 12.5. The molecule has 2 aliphatic carbocycles. The van der Waals surface area contributed by atoms with Crippen LogP contribution in [0.5, 0.6) is 11.5 Å². The predicted octanol–water partition coefficient (Wildman–Crippen LogP) is 6.18. The minimum atomic E-state index is -4.73. The lowest BCUT2D eigenvalue weighted by Crippen LogP contribution is -2.48. The van der Waals surface area contributed by atoms with Gasteiger partial charge in [0.2, 0.25) is 5.95 Å². The molecular weight excluding hydrogens is 686 g/mol. The van der Waals surface area contributed by atoms with E-state index in [9.17, 15) is 23.1 Å². The summed E-state index contributed by atoms with van der Waals surface area (Å²) in [6.45, 7) is 5.86. The van der Waals surface area contributed by atoms with E-state index in [0.29, 0.717) is 24.9 Å². The zero-order valence-corrected chi connectivity index (χ0v) is 28.6. The van der Waals surface area contributed by atoms with Crippen LogP contribution in [0.3, 0.4) is 0 Å². The lowest BCUT2D eigenvalue weighted by molar-refractivity contribution is -0.274. The van der Waals surface area contributed by atoms with Gasteiger partial charge in [-0.1, -0.05) is 12.1 Å². The number of fused-ring (bicyclic) bond motifs is 3. The zero-order chi connectivity index (χ0) is 33.0. The molecule has 268 valence electrons. The number of anilines is 2. The Bertz CT molecular complexity index is 1550. The van der Waals surface area contributed by atoms with Gasteiger partial charge in [0, 0.05) is 50.5 Å². The molecule has 6 rings (SSSR count). The molecule has 15 heteroatoms. The fourth-order valence-electron chi connectivity index (χ4n) is 6.72. The third-order valence-corrected chi connectivity index (χ3v) is 9.31. The molecule has 0 spiro atoms. The van der Waals surface area contributed by atoms with Crippen LogP contribution in [-0.4, -0.2) is 78.2 Å². The van der Waals surface area contributed by atoms with Crippen molar-refractivity contribution in [3.63, 3.8) is 0 Å². The minimum Gasteiger partial charge on any atom is -0.489 e. The van der Waals surface area contributed by atoms with Gasteiger partial charge in [-0.05, 0) is 85.9 Å². The van der Waals surface area contributed by atoms with Gasteiger partial charge < -0.3 is 30.0 Å². The number of halogens is 5. The molecule has 3 aliphatic rings. The second kappa shape index (κ2) is 16.9. The number of hydrogen-bond donors (Lipinski definition) is 2. The van der Waals surface area contributed by atoms with Gasteiger partial charge in [0.15, 0.2) is 0 Å². The van der Waals surface area contributed by atoms with E-state index in [1.807, 2.05) is 18.2 Å². The van der Waals surface area contributed by atoms with Crippen molar-refractivity contribution >= 4 is 42.5 Å². The van der Waals surface area contributed by atoms with Crippen LogP contribution in [0.2, 0.25) is 0 Å². The van der Waals surface area contributed by atoms with E-state index in [2.05, 4.69) is 24.5 Å². The number of aliphatic carboxylic acids is 1. The maximum atomic E-state index is 12.4. The first-order chi connectivity index (χ1) is 22.6. The molecule has 3 aromatic rings. The van der Waals surface area contributed by atoms with Gasteiger partial charge in [0.05, 0.1) is 18.2 Å². The first-order valence-electron chi connectivity index (χ1n) is 16.2. The van der Waals surface area contributed by atoms with Crippen LogP contribution in [0.4, 0.5) is 24.9 Å². The molecule has 10 nitrogen and oxygen atoms in total. The SMILES string of the molecule is Cl.Cl.Nc1nc2c(c(N3CCN(CCOCC4CCC(C(=O)O)CC4)CC3)n1)CCc1cc(OCc3ccc(OC(F)(F)F)cc3)ccc1-2. The summed E-state index contributed by atoms with van der Waals surface area (Å²) in [5.41, 5.74) is 11.0. The van der Waals surface area contributed by atoms with Crippen molar-refractivity contribution in [3.05, 3.63) is 59.2 Å². The zero-order valence-electron chi connectivity index (χ0n) is 27.0. The Morgan fingerprint density at radius 2 is 1.63 bits per heavy atom. The summed E-state index contributed by atoms with van der Waals surface area (Å²) in [5, 5.41) is 9.19. The van der Waals surface area contributed by atoms with Gasteiger partial charge in [-0.15, -0.1) is 38.0 Å². The van der Waals surface area contributed by atoms with Crippen LogP contribution in [0.1, 0.15) is 42.4 Å². The van der Waals surface area contributed by atoms with Crippen LogP contribution in [0.15, 0.2) is 42.5 Å². The molecule has 2 fully saturated rings. The van der Waals surface area contributed by atoms with Crippen LogP contribution in [0.25, 0.3) is 11.3 Å². The van der Waals surface area contributed by atoms with Crippen LogP contribution in [0, 0.1) is 11.8 Å². The molecule has 1 aliphatic heterocycles. The number of nitrogens with two attached hydrogens (primary N) is 1. The number of ether oxygens (including phenoxy) is 3. The van der Waals surface area contributed by atoms with Gasteiger partial charge in [0.1, 0.15) is 23.9 Å². The number of alkyl halides is 3. The molecule has 1 aromatic heterocycles. The molecule has 2 heterocycles. The highest BCUT2D eigenvalue weighted by Gasteiger charge is 2.31. The summed E-state index contributed by atoms with van der Waals surface area (Å²) < 4.78 is 53.2. The van der Waals surface area contributed by atoms with Crippen molar-refractivity contribution < 1.29 is 37.3 Å². The topological polar surface area (TPSA) is 123 Å². The van der Waals surface area contributed by atoms with E-state index in [4.69, 9.17) is 15.2 Å².